The van der Waals surface area contributed by atoms with Crippen molar-refractivity contribution in [3.8, 4) is 5.75 Å². The summed E-state index contributed by atoms with van der Waals surface area (Å²) < 4.78 is 0. The molecule has 0 radical (unpaired) electrons. The summed E-state index contributed by atoms with van der Waals surface area (Å²) in [6, 6.07) is -10.2. The second-order valence-corrected chi connectivity index (χ2v) is 24.4. The number of aromatic nitrogens is 4. The fourth-order valence-corrected chi connectivity index (χ4v) is 9.76. The van der Waals surface area contributed by atoms with Crippen molar-refractivity contribution in [1.82, 2.24) is 73.1 Å². The number of benzene rings is 1. The second kappa shape index (κ2) is 40.6. The van der Waals surface area contributed by atoms with Crippen molar-refractivity contribution < 1.29 is 72.9 Å². The van der Waals surface area contributed by atoms with E-state index in [4.69, 9.17) is 17.2 Å². The number of H-pyrrole nitrogens is 2. The van der Waals surface area contributed by atoms with E-state index in [2.05, 4.69) is 98.4 Å². The third kappa shape index (κ3) is 28.6. The van der Waals surface area contributed by atoms with Gasteiger partial charge in [0.15, 0.2) is 0 Å². The number of aliphatic hydroxyl groups excluding tert-OH is 1. The van der Waals surface area contributed by atoms with Crippen LogP contribution in [-0.4, -0.2) is 197 Å². The Morgan fingerprint density at radius 1 is 0.484 bits per heavy atom. The number of aromatic hydroxyl groups is 1. The van der Waals surface area contributed by atoms with Gasteiger partial charge in [0, 0.05) is 61.0 Å². The van der Waals surface area contributed by atoms with Crippen LogP contribution in [-0.2, 0) is 76.8 Å². The lowest BCUT2D eigenvalue weighted by molar-refractivity contribution is -0.141. The van der Waals surface area contributed by atoms with Crippen molar-refractivity contribution in [3.05, 3.63) is 66.3 Å². The second-order valence-electron chi connectivity index (χ2n) is 23.7. The Hall–Kier alpha value is -8.34. The number of carbonyl (C=O) groups excluding carboxylic acids is 11. The van der Waals surface area contributed by atoms with E-state index in [9.17, 15) is 72.9 Å². The number of aromatic amines is 2. The molecule has 0 saturated heterocycles. The average Bonchev–Trinajstić information content (AvgIpc) is 1.63. The number of rotatable bonds is 43. The third-order valence-corrected chi connectivity index (χ3v) is 15.1. The lowest BCUT2D eigenvalue weighted by atomic mass is 9.99. The molecule has 0 spiro atoms. The van der Waals surface area contributed by atoms with Crippen molar-refractivity contribution >= 4 is 96.2 Å². The summed E-state index contributed by atoms with van der Waals surface area (Å²) in [6.45, 7) is 9.83. The molecule has 0 aliphatic carbocycles. The highest BCUT2D eigenvalue weighted by Gasteiger charge is 2.37. The van der Waals surface area contributed by atoms with Crippen LogP contribution in [0.15, 0.2) is 49.3 Å². The van der Waals surface area contributed by atoms with E-state index >= 15 is 0 Å². The number of nitrogens with zero attached hydrogens (tertiary/aromatic N) is 2. The van der Waals surface area contributed by atoms with Crippen molar-refractivity contribution in [2.75, 3.05) is 24.7 Å². The predicted octanol–water partition coefficient (Wildman–Crippen LogP) is -3.49. The number of nitrogens with two attached hydrogens (primary N) is 3. The van der Waals surface area contributed by atoms with Crippen LogP contribution in [0.5, 0.6) is 5.75 Å². The molecule has 11 atom stereocenters. The van der Waals surface area contributed by atoms with Crippen LogP contribution < -0.4 is 70.4 Å². The van der Waals surface area contributed by atoms with Gasteiger partial charge in [-0.3, -0.25) is 52.7 Å². The van der Waals surface area contributed by atoms with Crippen LogP contribution in [0.2, 0.25) is 0 Å². The quantitative estimate of drug-likeness (QED) is 0.0193. The van der Waals surface area contributed by atoms with Crippen molar-refractivity contribution in [2.45, 2.75) is 179 Å². The molecule has 3 rings (SSSR count). The molecule has 93 heavy (non-hydrogen) atoms. The zero-order valence-electron chi connectivity index (χ0n) is 53.1. The molecule has 0 fully saturated rings. The SMILES string of the molecule is CC(C)C[C@H](NC(=O)[C@H](CC(C)C)NC(=O)[C@H](Cc1cnc[nH]1)NC(=O)[C@H](Cc1cnc[nH]1)NC(=O)[C@H](CC(C)C)NC(=O)[C@H](Cc1ccc(O)cc1)NC(=O)[C@H](CO)NC(=O)[C@H](CCC(N)=O)NC(=O)[C@H](CCCCN)NC(=O)[C@@H](N)CS)C(=O)N[C@@H](CS)C(=O)O. The Morgan fingerprint density at radius 2 is 0.839 bits per heavy atom. The van der Waals surface area contributed by atoms with Gasteiger partial charge in [-0.05, 0) is 86.9 Å². The number of amides is 11. The number of aliphatic hydroxyl groups is 1. The smallest absolute Gasteiger partial charge is 0.327 e. The van der Waals surface area contributed by atoms with Crippen molar-refractivity contribution in [3.63, 3.8) is 0 Å². The molecule has 34 heteroatoms. The fourth-order valence-electron chi connectivity index (χ4n) is 9.35. The summed E-state index contributed by atoms with van der Waals surface area (Å²) in [7, 11) is 0. The van der Waals surface area contributed by atoms with Gasteiger partial charge < -0.3 is 95.7 Å². The molecule has 0 bridgehead atoms. The van der Waals surface area contributed by atoms with Crippen molar-refractivity contribution in [2.24, 2.45) is 35.0 Å². The molecular weight excluding hydrogens is 1250 g/mol. The van der Waals surface area contributed by atoms with Crippen LogP contribution in [0.4, 0.5) is 0 Å². The highest BCUT2D eigenvalue weighted by molar-refractivity contribution is 7.80. The van der Waals surface area contributed by atoms with Crippen LogP contribution in [0.25, 0.3) is 0 Å². The Bertz CT molecular complexity index is 2920. The lowest BCUT2D eigenvalue weighted by Gasteiger charge is -2.29. The average molecular weight is 1340 g/mol. The van der Waals surface area contributed by atoms with E-state index in [1.54, 1.807) is 41.5 Å². The normalized spacial score (nSPS) is 14.9. The standard InChI is InChI=1S/C59H93N17O15S2/c1-30(2)17-40(52(83)69-42(19-32(5)6)54(85)76-47(27-93)59(90)91)71-56(87)44(21-34-23-63-28-65-34)74-57(88)45(22-35-24-64-29-66-35)73-53(84)41(18-31(3)4)70-55(86)43(20-33-10-12-36(78)13-11-33)72-58(89)46(25-77)75-51(82)39(14-15-48(62)79)68-50(81)38(9-7-8-16-60)67-49(80)37(61)26-92/h10-13,23-24,28-32,37-47,77-78,92-93H,7-9,14-22,25-27,60-61H2,1-6H3,(H2,62,79)(H,63,65)(H,64,66)(H,67,80)(H,68,81)(H,69,83)(H,70,86)(H,71,87)(H,72,89)(H,73,84)(H,74,88)(H,75,82)(H,76,85)(H,90,91)/t37-,38-,39-,40-,41-,42-,43-,44-,45-,46-,47-/m0/s1. The van der Waals surface area contributed by atoms with Crippen LogP contribution in [0.1, 0.15) is 110 Å². The number of carboxylic acid groups (broad SMARTS) is 1. The first-order valence-corrected chi connectivity index (χ1v) is 31.8. The van der Waals surface area contributed by atoms with Gasteiger partial charge in [-0.15, -0.1) is 0 Å². The lowest BCUT2D eigenvalue weighted by Crippen LogP contribution is -2.61. The van der Waals surface area contributed by atoms with Gasteiger partial charge in [-0.2, -0.15) is 25.3 Å². The first-order valence-electron chi connectivity index (χ1n) is 30.5. The van der Waals surface area contributed by atoms with Gasteiger partial charge in [0.1, 0.15) is 66.2 Å². The molecule has 0 saturated carbocycles. The maximum absolute atomic E-state index is 14.7. The zero-order chi connectivity index (χ0) is 69.5. The van der Waals surface area contributed by atoms with E-state index in [-0.39, 0.29) is 86.5 Å². The summed E-state index contributed by atoms with van der Waals surface area (Å²) >= 11 is 8.06. The number of imidazole rings is 2. The van der Waals surface area contributed by atoms with Gasteiger partial charge in [0.05, 0.1) is 25.3 Å². The fraction of sp³-hybridized carbons (Fsp3) is 0.593. The molecule has 11 amide bonds. The Morgan fingerprint density at radius 3 is 1.20 bits per heavy atom. The topological polar surface area (TPSA) is 521 Å². The molecule has 0 aliphatic heterocycles. The highest BCUT2D eigenvalue weighted by Crippen LogP contribution is 2.16. The molecule has 32 nitrogen and oxygen atoms in total. The highest BCUT2D eigenvalue weighted by atomic mass is 32.1. The minimum absolute atomic E-state index is 0.0443. The molecule has 3 aromatic rings. The minimum Gasteiger partial charge on any atom is -0.508 e. The molecule has 21 N–H and O–H groups in total. The number of hydrogen-bond acceptors (Lipinski definition) is 20. The third-order valence-electron chi connectivity index (χ3n) is 14.3. The van der Waals surface area contributed by atoms with Gasteiger partial charge in [-0.1, -0.05) is 53.7 Å². The number of nitrogens with one attached hydrogen (secondary N) is 12. The first kappa shape index (κ1) is 78.9. The molecular formula is C59H93N17O15S2. The van der Waals surface area contributed by atoms with Crippen LogP contribution in [0, 0.1) is 17.8 Å². The summed E-state index contributed by atoms with van der Waals surface area (Å²) in [6.07, 6.45) is 4.79. The number of unbranched alkanes of at least 4 members (excludes halogenated alkanes) is 1. The number of phenolic OH excluding ortho intramolecular Hbond substituents is 1. The van der Waals surface area contributed by atoms with Gasteiger partial charge in [0.25, 0.3) is 0 Å². The largest absolute Gasteiger partial charge is 0.508 e. The number of carbonyl (C=O) groups is 12. The number of carboxylic acids is 1. The molecule has 516 valence electrons. The molecule has 1 aromatic carbocycles. The van der Waals surface area contributed by atoms with E-state index in [1.807, 2.05) is 0 Å². The molecule has 0 aliphatic rings. The Labute approximate surface area is 550 Å². The van der Waals surface area contributed by atoms with Crippen LogP contribution >= 0.6 is 25.3 Å². The first-order chi connectivity index (χ1) is 44.0. The zero-order valence-corrected chi connectivity index (χ0v) is 54.9. The summed E-state index contributed by atoms with van der Waals surface area (Å²) in [5, 5.41) is 55.9. The van der Waals surface area contributed by atoms with Crippen molar-refractivity contribution in [1.29, 1.82) is 0 Å². The number of phenols is 1. The maximum atomic E-state index is 14.7. The van der Waals surface area contributed by atoms with E-state index < -0.39 is 157 Å². The predicted molar refractivity (Wildman–Crippen MR) is 346 cm³/mol. The monoisotopic (exact) mass is 1340 g/mol. The maximum Gasteiger partial charge on any atom is 0.327 e. The van der Waals surface area contributed by atoms with Gasteiger partial charge in [0.2, 0.25) is 65.0 Å². The van der Waals surface area contributed by atoms with Gasteiger partial charge in [-0.25, -0.2) is 14.8 Å². The number of thiol groups is 2. The molecule has 2 aromatic heterocycles. The minimum atomic E-state index is -1.83. The Kier molecular flexibility index (Phi) is 34.4. The summed E-state index contributed by atoms with van der Waals surface area (Å²) in [5.74, 6) is -12.4. The summed E-state index contributed by atoms with van der Waals surface area (Å²) in [5.41, 5.74) is 18.0. The van der Waals surface area contributed by atoms with E-state index in [0.717, 1.165) is 0 Å². The van der Waals surface area contributed by atoms with Gasteiger partial charge >= 0.3 is 5.97 Å². The number of aliphatic carboxylic acids is 1. The number of primary amides is 1. The van der Waals surface area contributed by atoms with E-state index in [1.165, 1.54) is 49.3 Å². The molecule has 2 heterocycles. The molecule has 0 unspecified atom stereocenters. The van der Waals surface area contributed by atoms with Crippen LogP contribution in [0.3, 0.4) is 0 Å². The van der Waals surface area contributed by atoms with E-state index in [0.29, 0.717) is 29.8 Å². The summed E-state index contributed by atoms with van der Waals surface area (Å²) in [4.78, 5) is 178. The number of hydrogen-bond donors (Lipinski definition) is 20. The Balaban J connectivity index is 1.99.